The Bertz CT molecular complexity index is 815. The molecule has 0 radical (unpaired) electrons. The van der Waals surface area contributed by atoms with Crippen LogP contribution in [0, 0.1) is 0 Å². The molecule has 1 aromatic heterocycles. The van der Waals surface area contributed by atoms with Crippen LogP contribution in [0.2, 0.25) is 10.0 Å². The number of aromatic nitrogens is 2. The highest BCUT2D eigenvalue weighted by atomic mass is 35.5. The van der Waals surface area contributed by atoms with E-state index in [0.29, 0.717) is 15.8 Å². The number of benzene rings is 1. The molecule has 5 nitrogen and oxygen atoms in total. The molecule has 134 valence electrons. The predicted molar refractivity (Wildman–Crippen MR) is 103 cm³/mol. The Balaban J connectivity index is 1.73. The van der Waals surface area contributed by atoms with Crippen molar-refractivity contribution < 1.29 is 9.53 Å². The third-order valence-corrected chi connectivity index (χ3v) is 5.20. The van der Waals surface area contributed by atoms with Crippen molar-refractivity contribution in [1.82, 2.24) is 9.78 Å². The third-order valence-electron chi connectivity index (χ3n) is 3.70. The highest BCUT2D eigenvalue weighted by molar-refractivity contribution is 7.98. The molecule has 8 heteroatoms. The van der Waals surface area contributed by atoms with E-state index < -0.39 is 0 Å². The Labute approximate surface area is 161 Å². The van der Waals surface area contributed by atoms with E-state index in [0.717, 1.165) is 28.6 Å². The summed E-state index contributed by atoms with van der Waals surface area (Å²) >= 11 is 13.7. The lowest BCUT2D eigenvalue weighted by Crippen LogP contribution is -2.29. The number of fused-ring (bicyclic) bond motifs is 1. The number of ether oxygens (including phenoxy) is 1. The molecule has 1 aromatic carbocycles. The topological polar surface area (TPSA) is 56.2 Å². The first kappa shape index (κ1) is 18.4. The fraction of sp³-hybridized carbons (Fsp3) is 0.412. The zero-order valence-electron chi connectivity index (χ0n) is 14.2. The van der Waals surface area contributed by atoms with E-state index in [1.165, 1.54) is 0 Å². The van der Waals surface area contributed by atoms with Gasteiger partial charge in [-0.2, -0.15) is 16.9 Å². The standard InChI is InChI=1S/C17H19Cl2N3O2S/c1-17(2,3)22-16(11-8-25-9-13(11)21-22)20-15(23)7-24-14-5-4-10(18)6-12(14)19/h4-6H,7-9H2,1-3H3,(H,20,23). The molecule has 2 aromatic rings. The Hall–Kier alpha value is -1.37. The van der Waals surface area contributed by atoms with Crippen molar-refractivity contribution in [3.05, 3.63) is 39.5 Å². The average molecular weight is 400 g/mol. The van der Waals surface area contributed by atoms with E-state index >= 15 is 0 Å². The zero-order chi connectivity index (χ0) is 18.2. The molecule has 0 atom stereocenters. The monoisotopic (exact) mass is 399 g/mol. The lowest BCUT2D eigenvalue weighted by molar-refractivity contribution is -0.118. The predicted octanol–water partition coefficient (Wildman–Crippen LogP) is 4.71. The van der Waals surface area contributed by atoms with Gasteiger partial charge in [-0.25, -0.2) is 4.68 Å². The minimum absolute atomic E-state index is 0.140. The lowest BCUT2D eigenvalue weighted by Gasteiger charge is -2.23. The summed E-state index contributed by atoms with van der Waals surface area (Å²) in [6, 6.07) is 4.89. The number of amides is 1. The van der Waals surface area contributed by atoms with Gasteiger partial charge >= 0.3 is 0 Å². The second kappa shape index (κ2) is 7.09. The number of thioether (sulfide) groups is 1. The summed E-state index contributed by atoms with van der Waals surface area (Å²) in [4.78, 5) is 12.4. The summed E-state index contributed by atoms with van der Waals surface area (Å²) < 4.78 is 7.39. The number of hydrogen-bond acceptors (Lipinski definition) is 4. The Morgan fingerprint density at radius 1 is 1.36 bits per heavy atom. The van der Waals surface area contributed by atoms with Crippen molar-refractivity contribution in [2.24, 2.45) is 0 Å². The average Bonchev–Trinajstić information content (AvgIpc) is 3.08. The zero-order valence-corrected chi connectivity index (χ0v) is 16.6. The van der Waals surface area contributed by atoms with Crippen LogP contribution in [-0.4, -0.2) is 22.3 Å². The number of carbonyl (C=O) groups excluding carboxylic acids is 1. The van der Waals surface area contributed by atoms with Gasteiger partial charge in [0.2, 0.25) is 0 Å². The molecule has 0 fully saturated rings. The van der Waals surface area contributed by atoms with Crippen molar-refractivity contribution in [2.45, 2.75) is 37.8 Å². The molecule has 1 aliphatic rings. The summed E-state index contributed by atoms with van der Waals surface area (Å²) in [7, 11) is 0. The largest absolute Gasteiger partial charge is 0.482 e. The molecule has 1 aliphatic heterocycles. The van der Waals surface area contributed by atoms with Crippen molar-refractivity contribution in [1.29, 1.82) is 0 Å². The Kier molecular flexibility index (Phi) is 5.23. The molecule has 3 rings (SSSR count). The number of nitrogens with one attached hydrogen (secondary N) is 1. The number of halogens is 2. The van der Waals surface area contributed by atoms with Crippen molar-refractivity contribution >= 4 is 46.7 Å². The minimum Gasteiger partial charge on any atom is -0.482 e. The summed E-state index contributed by atoms with van der Waals surface area (Å²) in [5.41, 5.74) is 1.91. The Morgan fingerprint density at radius 2 is 2.12 bits per heavy atom. The van der Waals surface area contributed by atoms with Crippen molar-refractivity contribution in [3.8, 4) is 5.75 Å². The smallest absolute Gasteiger partial charge is 0.263 e. The van der Waals surface area contributed by atoms with Gasteiger partial charge in [-0.3, -0.25) is 4.79 Å². The van der Waals surface area contributed by atoms with E-state index in [1.807, 2.05) is 4.68 Å². The first-order valence-corrected chi connectivity index (χ1v) is 9.73. The van der Waals surface area contributed by atoms with E-state index in [1.54, 1.807) is 30.0 Å². The van der Waals surface area contributed by atoms with Gasteiger partial charge in [0, 0.05) is 22.1 Å². The Morgan fingerprint density at radius 3 is 2.80 bits per heavy atom. The molecule has 25 heavy (non-hydrogen) atoms. The fourth-order valence-corrected chi connectivity index (χ4v) is 4.03. The van der Waals surface area contributed by atoms with Crippen LogP contribution in [0.15, 0.2) is 18.2 Å². The van der Waals surface area contributed by atoms with Gasteiger partial charge in [0.05, 0.1) is 16.3 Å². The van der Waals surface area contributed by atoms with Crippen LogP contribution in [0.4, 0.5) is 5.82 Å². The first-order chi connectivity index (χ1) is 11.8. The lowest BCUT2D eigenvalue weighted by atomic mass is 10.1. The summed E-state index contributed by atoms with van der Waals surface area (Å²) in [6.45, 7) is 6.03. The van der Waals surface area contributed by atoms with Crippen molar-refractivity contribution in [2.75, 3.05) is 11.9 Å². The van der Waals surface area contributed by atoms with Gasteiger partial charge in [-0.05, 0) is 39.0 Å². The van der Waals surface area contributed by atoms with Crippen LogP contribution >= 0.6 is 35.0 Å². The molecule has 0 aliphatic carbocycles. The number of rotatable bonds is 4. The summed E-state index contributed by atoms with van der Waals surface area (Å²) in [5, 5.41) is 8.50. The molecule has 2 heterocycles. The third kappa shape index (κ3) is 4.07. The summed E-state index contributed by atoms with van der Waals surface area (Å²) in [6.07, 6.45) is 0. The normalized spacial score (nSPS) is 13.6. The first-order valence-electron chi connectivity index (χ1n) is 7.82. The van der Waals surface area contributed by atoms with Gasteiger partial charge in [-0.1, -0.05) is 23.2 Å². The van der Waals surface area contributed by atoms with Crippen molar-refractivity contribution in [3.63, 3.8) is 0 Å². The van der Waals surface area contributed by atoms with Crippen LogP contribution in [0.3, 0.4) is 0 Å². The molecule has 1 amide bonds. The van der Waals surface area contributed by atoms with Crippen LogP contribution < -0.4 is 10.1 Å². The maximum absolute atomic E-state index is 12.4. The van der Waals surface area contributed by atoms with Gasteiger partial charge in [-0.15, -0.1) is 0 Å². The SMILES string of the molecule is CC(C)(C)n1nc2c(c1NC(=O)COc1ccc(Cl)cc1Cl)CSC2. The molecule has 0 bridgehead atoms. The molecular weight excluding hydrogens is 381 g/mol. The van der Waals surface area contributed by atoms with Crippen LogP contribution in [-0.2, 0) is 21.8 Å². The highest BCUT2D eigenvalue weighted by Crippen LogP contribution is 2.37. The molecule has 0 saturated carbocycles. The van der Waals surface area contributed by atoms with Crippen LogP contribution in [0.5, 0.6) is 5.75 Å². The minimum atomic E-state index is -0.254. The second-order valence-corrected chi connectivity index (χ2v) is 8.59. The fourth-order valence-electron chi connectivity index (χ4n) is 2.53. The number of carbonyl (C=O) groups is 1. The highest BCUT2D eigenvalue weighted by Gasteiger charge is 2.28. The molecule has 0 unspecified atom stereocenters. The van der Waals surface area contributed by atoms with Gasteiger partial charge in [0.25, 0.3) is 5.91 Å². The molecule has 0 saturated heterocycles. The van der Waals surface area contributed by atoms with E-state index in [2.05, 4.69) is 31.2 Å². The number of nitrogens with zero attached hydrogens (tertiary/aromatic N) is 2. The van der Waals surface area contributed by atoms with Gasteiger partial charge in [0.15, 0.2) is 6.61 Å². The maximum Gasteiger partial charge on any atom is 0.263 e. The van der Waals surface area contributed by atoms with Gasteiger partial charge in [0.1, 0.15) is 11.6 Å². The van der Waals surface area contributed by atoms with E-state index in [4.69, 9.17) is 27.9 Å². The quantitative estimate of drug-likeness (QED) is 0.808. The van der Waals surface area contributed by atoms with Gasteiger partial charge < -0.3 is 10.1 Å². The number of hydrogen-bond donors (Lipinski definition) is 1. The molecule has 1 N–H and O–H groups in total. The van der Waals surface area contributed by atoms with Crippen LogP contribution in [0.25, 0.3) is 0 Å². The second-order valence-electron chi connectivity index (χ2n) is 6.76. The number of anilines is 1. The maximum atomic E-state index is 12.4. The van der Waals surface area contributed by atoms with Crippen LogP contribution in [0.1, 0.15) is 32.0 Å². The van der Waals surface area contributed by atoms with E-state index in [9.17, 15) is 4.79 Å². The molecular formula is C17H19Cl2N3O2S. The molecule has 0 spiro atoms. The van der Waals surface area contributed by atoms with E-state index in [-0.39, 0.29) is 18.1 Å². The summed E-state index contributed by atoms with van der Waals surface area (Å²) in [5.74, 6) is 2.65.